The van der Waals surface area contributed by atoms with E-state index in [4.69, 9.17) is 15.9 Å². The number of aromatic nitrogens is 1. The molecule has 0 aliphatic carbocycles. The van der Waals surface area contributed by atoms with E-state index in [2.05, 4.69) is 21.5 Å². The second kappa shape index (κ2) is 10.5. The standard InChI is InChI=1S/C27H27N3O4/c1-6-19-9-7-11-22(14-19)30-25(31)21-10-8-12-23(16-21)33-24-15-20(13-18(2)29-24)17-28-26(32)34-27(3,4)5/h1,7-16H,17H2,2-5H3,(H,28,32)(H,30,31). The molecular formula is C27H27N3O4. The molecule has 0 radical (unpaired) electrons. The van der Waals surface area contributed by atoms with Gasteiger partial charge in [-0.3, -0.25) is 4.79 Å². The van der Waals surface area contributed by atoms with Crippen LogP contribution in [0.5, 0.6) is 11.6 Å². The van der Waals surface area contributed by atoms with E-state index in [1.54, 1.807) is 75.4 Å². The molecular weight excluding hydrogens is 430 g/mol. The van der Waals surface area contributed by atoms with Gasteiger partial charge in [-0.05, 0) is 75.7 Å². The maximum absolute atomic E-state index is 12.7. The highest BCUT2D eigenvalue weighted by Crippen LogP contribution is 2.23. The molecule has 34 heavy (non-hydrogen) atoms. The van der Waals surface area contributed by atoms with E-state index < -0.39 is 11.7 Å². The molecule has 0 aliphatic heterocycles. The molecule has 1 aromatic heterocycles. The summed E-state index contributed by atoms with van der Waals surface area (Å²) in [4.78, 5) is 29.0. The number of hydrogen-bond acceptors (Lipinski definition) is 5. The van der Waals surface area contributed by atoms with E-state index in [1.165, 1.54) is 0 Å². The number of alkyl carbamates (subject to hydrolysis) is 1. The molecule has 0 aliphatic rings. The van der Waals surface area contributed by atoms with E-state index in [0.717, 1.165) is 11.3 Å². The summed E-state index contributed by atoms with van der Waals surface area (Å²) in [5.74, 6) is 3.05. The van der Waals surface area contributed by atoms with Crippen molar-refractivity contribution in [1.82, 2.24) is 10.3 Å². The third-order valence-corrected chi connectivity index (χ3v) is 4.43. The number of carbonyl (C=O) groups excluding carboxylic acids is 2. The molecule has 3 rings (SSSR count). The number of benzene rings is 2. The van der Waals surface area contributed by atoms with Crippen LogP contribution in [0.3, 0.4) is 0 Å². The molecule has 1 heterocycles. The molecule has 0 unspecified atom stereocenters. The van der Waals surface area contributed by atoms with Gasteiger partial charge in [0.1, 0.15) is 11.4 Å². The second-order valence-corrected chi connectivity index (χ2v) is 8.62. The van der Waals surface area contributed by atoms with Crippen molar-refractivity contribution in [1.29, 1.82) is 0 Å². The Bertz CT molecular complexity index is 1240. The highest BCUT2D eigenvalue weighted by Gasteiger charge is 2.16. The molecule has 2 N–H and O–H groups in total. The minimum Gasteiger partial charge on any atom is -0.444 e. The average molecular weight is 458 g/mol. The number of rotatable bonds is 6. The van der Waals surface area contributed by atoms with Crippen molar-refractivity contribution < 1.29 is 19.1 Å². The lowest BCUT2D eigenvalue weighted by molar-refractivity contribution is 0.0523. The Morgan fingerprint density at radius 1 is 1.06 bits per heavy atom. The number of aryl methyl sites for hydroxylation is 1. The highest BCUT2D eigenvalue weighted by atomic mass is 16.6. The summed E-state index contributed by atoms with van der Waals surface area (Å²) in [6, 6.07) is 17.4. The van der Waals surface area contributed by atoms with Gasteiger partial charge in [-0.25, -0.2) is 9.78 Å². The molecule has 0 spiro atoms. The Balaban J connectivity index is 1.68. The largest absolute Gasteiger partial charge is 0.444 e. The third-order valence-electron chi connectivity index (χ3n) is 4.43. The van der Waals surface area contributed by atoms with Crippen LogP contribution in [-0.2, 0) is 11.3 Å². The van der Waals surface area contributed by atoms with Gasteiger partial charge < -0.3 is 20.1 Å². The molecule has 0 saturated carbocycles. The van der Waals surface area contributed by atoms with Gasteiger partial charge in [0, 0.05) is 35.1 Å². The summed E-state index contributed by atoms with van der Waals surface area (Å²) >= 11 is 0. The summed E-state index contributed by atoms with van der Waals surface area (Å²) in [5.41, 5.74) is 2.65. The number of hydrogen-bond donors (Lipinski definition) is 2. The van der Waals surface area contributed by atoms with Crippen molar-refractivity contribution in [2.24, 2.45) is 0 Å². The second-order valence-electron chi connectivity index (χ2n) is 8.62. The molecule has 2 aromatic carbocycles. The number of nitrogens with zero attached hydrogens (tertiary/aromatic N) is 1. The number of nitrogens with one attached hydrogen (secondary N) is 2. The number of amides is 2. The Kier molecular flexibility index (Phi) is 7.54. The van der Waals surface area contributed by atoms with Crippen LogP contribution in [0.25, 0.3) is 0 Å². The summed E-state index contributed by atoms with van der Waals surface area (Å²) in [6.07, 6.45) is 4.92. The first kappa shape index (κ1) is 24.3. The van der Waals surface area contributed by atoms with Gasteiger partial charge in [-0.1, -0.05) is 18.1 Å². The zero-order chi connectivity index (χ0) is 24.7. The maximum atomic E-state index is 12.7. The molecule has 2 amide bonds. The number of ether oxygens (including phenoxy) is 2. The van der Waals surface area contributed by atoms with Crippen LogP contribution in [0.4, 0.5) is 10.5 Å². The van der Waals surface area contributed by atoms with Crippen molar-refractivity contribution in [3.63, 3.8) is 0 Å². The van der Waals surface area contributed by atoms with E-state index >= 15 is 0 Å². The Hall–Kier alpha value is -4.31. The van der Waals surface area contributed by atoms with E-state index in [0.29, 0.717) is 28.4 Å². The minimum absolute atomic E-state index is 0.258. The van der Waals surface area contributed by atoms with E-state index in [1.807, 2.05) is 13.0 Å². The Labute approximate surface area is 199 Å². The normalized spacial score (nSPS) is 10.7. The predicted molar refractivity (Wildman–Crippen MR) is 131 cm³/mol. The number of pyridine rings is 1. The Morgan fingerprint density at radius 2 is 1.82 bits per heavy atom. The summed E-state index contributed by atoms with van der Waals surface area (Å²) in [5, 5.41) is 5.55. The molecule has 0 bridgehead atoms. The fraction of sp³-hybridized carbons (Fsp3) is 0.222. The molecule has 174 valence electrons. The number of terminal acetylenes is 1. The Morgan fingerprint density at radius 3 is 2.56 bits per heavy atom. The van der Waals surface area contributed by atoms with E-state index in [-0.39, 0.29) is 12.5 Å². The zero-order valence-corrected chi connectivity index (χ0v) is 19.6. The van der Waals surface area contributed by atoms with Gasteiger partial charge in [0.2, 0.25) is 5.88 Å². The summed E-state index contributed by atoms with van der Waals surface area (Å²) < 4.78 is 11.2. The molecule has 3 aromatic rings. The van der Waals surface area contributed by atoms with Crippen LogP contribution < -0.4 is 15.4 Å². The topological polar surface area (TPSA) is 89.6 Å². The van der Waals surface area contributed by atoms with Crippen molar-refractivity contribution in [2.45, 2.75) is 39.8 Å². The highest BCUT2D eigenvalue weighted by molar-refractivity contribution is 6.04. The zero-order valence-electron chi connectivity index (χ0n) is 19.6. The molecule has 7 heteroatoms. The molecule has 7 nitrogen and oxygen atoms in total. The first-order chi connectivity index (χ1) is 16.1. The van der Waals surface area contributed by atoms with Crippen LogP contribution in [0.2, 0.25) is 0 Å². The van der Waals surface area contributed by atoms with Crippen LogP contribution >= 0.6 is 0 Å². The minimum atomic E-state index is -0.575. The van der Waals surface area contributed by atoms with Gasteiger partial charge in [-0.15, -0.1) is 6.42 Å². The monoisotopic (exact) mass is 457 g/mol. The average Bonchev–Trinajstić information content (AvgIpc) is 2.76. The first-order valence-electron chi connectivity index (χ1n) is 10.7. The van der Waals surface area contributed by atoms with Gasteiger partial charge in [-0.2, -0.15) is 0 Å². The lowest BCUT2D eigenvalue weighted by Crippen LogP contribution is -2.32. The summed E-state index contributed by atoms with van der Waals surface area (Å²) in [6.45, 7) is 7.50. The SMILES string of the molecule is C#Cc1cccc(NC(=O)c2cccc(Oc3cc(CNC(=O)OC(C)(C)C)cc(C)n3)c2)c1. The van der Waals surface area contributed by atoms with Gasteiger partial charge in [0.15, 0.2) is 0 Å². The van der Waals surface area contributed by atoms with Crippen LogP contribution in [0.15, 0.2) is 60.7 Å². The van der Waals surface area contributed by atoms with Crippen molar-refractivity contribution in [3.05, 3.63) is 83.0 Å². The molecule has 0 atom stereocenters. The first-order valence-corrected chi connectivity index (χ1v) is 10.7. The van der Waals surface area contributed by atoms with Crippen molar-refractivity contribution >= 4 is 17.7 Å². The van der Waals surface area contributed by atoms with Gasteiger partial charge in [0.05, 0.1) is 0 Å². The number of carbonyl (C=O) groups is 2. The maximum Gasteiger partial charge on any atom is 0.407 e. The molecule has 0 fully saturated rings. The van der Waals surface area contributed by atoms with Crippen molar-refractivity contribution in [3.8, 4) is 24.0 Å². The quantitative estimate of drug-likeness (QED) is 0.481. The molecule has 0 saturated heterocycles. The lowest BCUT2D eigenvalue weighted by atomic mass is 10.1. The lowest BCUT2D eigenvalue weighted by Gasteiger charge is -2.19. The summed E-state index contributed by atoms with van der Waals surface area (Å²) in [7, 11) is 0. The van der Waals surface area contributed by atoms with Crippen molar-refractivity contribution in [2.75, 3.05) is 5.32 Å². The third kappa shape index (κ3) is 7.38. The predicted octanol–water partition coefficient (Wildman–Crippen LogP) is 5.44. The van der Waals surface area contributed by atoms with Gasteiger partial charge >= 0.3 is 6.09 Å². The van der Waals surface area contributed by atoms with E-state index in [9.17, 15) is 9.59 Å². The van der Waals surface area contributed by atoms with Crippen LogP contribution in [-0.4, -0.2) is 22.6 Å². The number of anilines is 1. The fourth-order valence-electron chi connectivity index (χ4n) is 3.06. The fourth-order valence-corrected chi connectivity index (χ4v) is 3.06. The van der Waals surface area contributed by atoms with Crippen LogP contribution in [0, 0.1) is 19.3 Å². The van der Waals surface area contributed by atoms with Crippen LogP contribution in [0.1, 0.15) is 48.0 Å². The van der Waals surface area contributed by atoms with Gasteiger partial charge in [0.25, 0.3) is 5.91 Å². The smallest absolute Gasteiger partial charge is 0.407 e.